The van der Waals surface area contributed by atoms with E-state index in [9.17, 15) is 13.2 Å². The summed E-state index contributed by atoms with van der Waals surface area (Å²) in [5.74, 6) is 0.314. The summed E-state index contributed by atoms with van der Waals surface area (Å²) in [6.07, 6.45) is 0.598. The molecule has 0 saturated carbocycles. The van der Waals surface area contributed by atoms with Gasteiger partial charge < -0.3 is 14.6 Å². The van der Waals surface area contributed by atoms with E-state index < -0.39 is 15.8 Å². The molecule has 1 fully saturated rings. The molecule has 1 N–H and O–H groups in total. The summed E-state index contributed by atoms with van der Waals surface area (Å²) >= 11 is 0. The highest BCUT2D eigenvalue weighted by Crippen LogP contribution is 2.12. The molecule has 0 amide bonds. The standard InChI is InChI=1S/C11H16N2O5S/c1-2-17-11(14)10-5-9(18-13-10)6-12-8-3-4-19(15,16)7-8/h5,8,12H,2-4,6-7H2,1H3/t8-/m1/s1. The zero-order valence-electron chi connectivity index (χ0n) is 10.6. The molecule has 1 saturated heterocycles. The van der Waals surface area contributed by atoms with Crippen LogP contribution in [0.4, 0.5) is 0 Å². The van der Waals surface area contributed by atoms with Gasteiger partial charge in [0.1, 0.15) is 0 Å². The maximum absolute atomic E-state index is 11.4. The number of esters is 1. The summed E-state index contributed by atoms with van der Waals surface area (Å²) in [6, 6.07) is 1.43. The summed E-state index contributed by atoms with van der Waals surface area (Å²) in [4.78, 5) is 11.4. The molecular formula is C11H16N2O5S. The van der Waals surface area contributed by atoms with Gasteiger partial charge in [0, 0.05) is 12.1 Å². The van der Waals surface area contributed by atoms with E-state index in [4.69, 9.17) is 9.26 Å². The van der Waals surface area contributed by atoms with Gasteiger partial charge in [0.2, 0.25) is 0 Å². The molecule has 0 spiro atoms. The molecule has 0 radical (unpaired) electrons. The lowest BCUT2D eigenvalue weighted by Crippen LogP contribution is -2.29. The van der Waals surface area contributed by atoms with Gasteiger partial charge in [0.15, 0.2) is 21.3 Å². The lowest BCUT2D eigenvalue weighted by atomic mass is 10.2. The van der Waals surface area contributed by atoms with Crippen molar-refractivity contribution < 1.29 is 22.5 Å². The first-order valence-electron chi connectivity index (χ1n) is 6.06. The van der Waals surface area contributed by atoms with Gasteiger partial charge in [0.05, 0.1) is 24.7 Å². The van der Waals surface area contributed by atoms with Crippen molar-refractivity contribution in [3.05, 3.63) is 17.5 Å². The summed E-state index contributed by atoms with van der Waals surface area (Å²) in [6.45, 7) is 2.33. The van der Waals surface area contributed by atoms with Crippen LogP contribution in [0.2, 0.25) is 0 Å². The third kappa shape index (κ3) is 3.77. The third-order valence-corrected chi connectivity index (χ3v) is 4.61. The zero-order chi connectivity index (χ0) is 13.9. The van der Waals surface area contributed by atoms with Crippen LogP contribution in [0.5, 0.6) is 0 Å². The number of nitrogens with zero attached hydrogens (tertiary/aromatic N) is 1. The van der Waals surface area contributed by atoms with Crippen LogP contribution in [0.1, 0.15) is 29.6 Å². The predicted molar refractivity (Wildman–Crippen MR) is 66.4 cm³/mol. The first-order valence-corrected chi connectivity index (χ1v) is 7.89. The van der Waals surface area contributed by atoms with Gasteiger partial charge in [-0.1, -0.05) is 5.16 Å². The molecule has 0 aliphatic carbocycles. The number of sulfone groups is 1. The van der Waals surface area contributed by atoms with E-state index in [-0.39, 0.29) is 29.8 Å². The van der Waals surface area contributed by atoms with Crippen molar-refractivity contribution in [2.45, 2.75) is 25.9 Å². The summed E-state index contributed by atoms with van der Waals surface area (Å²) in [5.41, 5.74) is 0.123. The van der Waals surface area contributed by atoms with Crippen molar-refractivity contribution >= 4 is 15.8 Å². The molecule has 19 heavy (non-hydrogen) atoms. The van der Waals surface area contributed by atoms with Crippen LogP contribution in [-0.4, -0.2) is 43.7 Å². The second kappa shape index (κ2) is 5.70. The van der Waals surface area contributed by atoms with Crippen LogP contribution >= 0.6 is 0 Å². The molecule has 1 aliphatic rings. The minimum Gasteiger partial charge on any atom is -0.461 e. The Bertz CT molecular complexity index is 551. The molecule has 2 rings (SSSR count). The van der Waals surface area contributed by atoms with Crippen LogP contribution in [0.15, 0.2) is 10.6 Å². The van der Waals surface area contributed by atoms with Crippen LogP contribution in [0.25, 0.3) is 0 Å². The molecule has 7 nitrogen and oxygen atoms in total. The minimum absolute atomic E-state index is 0.0684. The van der Waals surface area contributed by atoms with E-state index in [1.807, 2.05) is 0 Å². The Kier molecular flexibility index (Phi) is 4.20. The highest BCUT2D eigenvalue weighted by atomic mass is 32.2. The molecule has 0 unspecified atom stereocenters. The Morgan fingerprint density at radius 2 is 2.42 bits per heavy atom. The Morgan fingerprint density at radius 1 is 1.63 bits per heavy atom. The normalized spacial score (nSPS) is 21.4. The van der Waals surface area contributed by atoms with E-state index in [1.165, 1.54) is 6.07 Å². The fraction of sp³-hybridized carbons (Fsp3) is 0.636. The van der Waals surface area contributed by atoms with E-state index >= 15 is 0 Å². The molecule has 2 heterocycles. The maximum Gasteiger partial charge on any atom is 0.360 e. The summed E-state index contributed by atoms with van der Waals surface area (Å²) < 4.78 is 32.3. The number of hydrogen-bond donors (Lipinski definition) is 1. The highest BCUT2D eigenvalue weighted by Gasteiger charge is 2.27. The smallest absolute Gasteiger partial charge is 0.360 e. The molecule has 0 bridgehead atoms. The number of rotatable bonds is 5. The maximum atomic E-state index is 11.4. The lowest BCUT2D eigenvalue weighted by Gasteiger charge is -2.07. The van der Waals surface area contributed by atoms with Crippen molar-refractivity contribution in [3.63, 3.8) is 0 Å². The highest BCUT2D eigenvalue weighted by molar-refractivity contribution is 7.91. The Hall–Kier alpha value is -1.41. The topological polar surface area (TPSA) is 98.5 Å². The number of carbonyl (C=O) groups excluding carboxylic acids is 1. The Balaban J connectivity index is 1.86. The Morgan fingerprint density at radius 3 is 3.05 bits per heavy atom. The summed E-state index contributed by atoms with van der Waals surface area (Å²) in [5, 5.41) is 6.67. The van der Waals surface area contributed by atoms with Crippen molar-refractivity contribution in [3.8, 4) is 0 Å². The number of carbonyl (C=O) groups is 1. The SMILES string of the molecule is CCOC(=O)c1cc(CN[C@@H]2CCS(=O)(=O)C2)on1. The van der Waals surface area contributed by atoms with Gasteiger partial charge in [-0.15, -0.1) is 0 Å². The number of aromatic nitrogens is 1. The molecule has 1 aromatic heterocycles. The van der Waals surface area contributed by atoms with Gasteiger partial charge in [-0.2, -0.15) is 0 Å². The average Bonchev–Trinajstić information content (AvgIpc) is 2.93. The average molecular weight is 288 g/mol. The van der Waals surface area contributed by atoms with Crippen LogP contribution in [0.3, 0.4) is 0 Å². The lowest BCUT2D eigenvalue weighted by molar-refractivity contribution is 0.0514. The molecular weight excluding hydrogens is 272 g/mol. The first kappa shape index (κ1) is 14.0. The second-order valence-corrected chi connectivity index (χ2v) is 6.61. The van der Waals surface area contributed by atoms with Crippen LogP contribution in [0, 0.1) is 0 Å². The fourth-order valence-corrected chi connectivity index (χ4v) is 3.61. The minimum atomic E-state index is -2.90. The van der Waals surface area contributed by atoms with Gasteiger partial charge in [-0.3, -0.25) is 0 Å². The van der Waals surface area contributed by atoms with E-state index in [1.54, 1.807) is 6.92 Å². The van der Waals surface area contributed by atoms with Crippen LogP contribution < -0.4 is 5.32 Å². The van der Waals surface area contributed by atoms with Crippen LogP contribution in [-0.2, 0) is 21.1 Å². The Labute approximate surface area is 111 Å². The quantitative estimate of drug-likeness (QED) is 0.769. The van der Waals surface area contributed by atoms with Gasteiger partial charge >= 0.3 is 5.97 Å². The third-order valence-electron chi connectivity index (χ3n) is 2.84. The van der Waals surface area contributed by atoms with Crippen molar-refractivity contribution in [2.24, 2.45) is 0 Å². The number of ether oxygens (including phenoxy) is 1. The van der Waals surface area contributed by atoms with Gasteiger partial charge in [0.25, 0.3) is 0 Å². The number of nitrogens with one attached hydrogen (secondary N) is 1. The molecule has 106 valence electrons. The molecule has 8 heteroatoms. The molecule has 0 aromatic carbocycles. The van der Waals surface area contributed by atoms with Crippen molar-refractivity contribution in [2.75, 3.05) is 18.1 Å². The first-order chi connectivity index (χ1) is 9.00. The van der Waals surface area contributed by atoms with Crippen molar-refractivity contribution in [1.82, 2.24) is 10.5 Å². The van der Waals surface area contributed by atoms with E-state index in [0.717, 1.165) is 0 Å². The van der Waals surface area contributed by atoms with E-state index in [0.29, 0.717) is 18.7 Å². The zero-order valence-corrected chi connectivity index (χ0v) is 11.4. The largest absolute Gasteiger partial charge is 0.461 e. The predicted octanol–water partition coefficient (Wildman–Crippen LogP) is 0.128. The molecule has 1 aliphatic heterocycles. The second-order valence-electron chi connectivity index (χ2n) is 4.38. The van der Waals surface area contributed by atoms with Gasteiger partial charge in [-0.25, -0.2) is 13.2 Å². The fourth-order valence-electron chi connectivity index (χ4n) is 1.90. The van der Waals surface area contributed by atoms with E-state index in [2.05, 4.69) is 10.5 Å². The van der Waals surface area contributed by atoms with Crippen molar-refractivity contribution in [1.29, 1.82) is 0 Å². The number of hydrogen-bond acceptors (Lipinski definition) is 7. The monoisotopic (exact) mass is 288 g/mol. The molecule has 1 aromatic rings. The summed E-state index contributed by atoms with van der Waals surface area (Å²) in [7, 11) is -2.90. The molecule has 1 atom stereocenters. The van der Waals surface area contributed by atoms with Gasteiger partial charge in [-0.05, 0) is 13.3 Å².